The highest BCUT2D eigenvalue weighted by Crippen LogP contribution is 2.31. The van der Waals surface area contributed by atoms with Crippen LogP contribution in [0.4, 0.5) is 4.39 Å². The van der Waals surface area contributed by atoms with Crippen molar-refractivity contribution in [1.29, 1.82) is 0 Å². The van der Waals surface area contributed by atoms with E-state index in [-0.39, 0.29) is 11.9 Å². The summed E-state index contributed by atoms with van der Waals surface area (Å²) in [6.07, 6.45) is 4.24. The predicted molar refractivity (Wildman–Crippen MR) is 90.9 cm³/mol. The molecule has 8 heteroatoms. The Balaban J connectivity index is 0.000000260. The molecule has 1 fully saturated rings. The third-order valence-electron chi connectivity index (χ3n) is 3.94. The lowest BCUT2D eigenvalue weighted by molar-refractivity contribution is -0.134. The van der Waals surface area contributed by atoms with Gasteiger partial charge in [-0.25, -0.2) is 14.0 Å². The third kappa shape index (κ3) is 6.45. The second-order valence-corrected chi connectivity index (χ2v) is 5.91. The molecular weight excluding hydrogens is 345 g/mol. The number of hydrogen-bond donors (Lipinski definition) is 3. The van der Waals surface area contributed by atoms with Crippen molar-refractivity contribution in [1.82, 2.24) is 5.32 Å². The molecule has 1 aromatic carbocycles. The zero-order valence-corrected chi connectivity index (χ0v) is 14.2. The first-order valence-electron chi connectivity index (χ1n) is 8.36. The Kier molecular flexibility index (Phi) is 7.55. The molecule has 1 saturated heterocycles. The summed E-state index contributed by atoms with van der Waals surface area (Å²) in [6.45, 7) is 2.90. The van der Waals surface area contributed by atoms with Crippen LogP contribution in [-0.4, -0.2) is 54.6 Å². The largest absolute Gasteiger partial charge is 0.490 e. The second kappa shape index (κ2) is 9.88. The van der Waals surface area contributed by atoms with E-state index in [1.807, 2.05) is 0 Å². The van der Waals surface area contributed by atoms with Gasteiger partial charge in [-0.2, -0.15) is 0 Å². The number of ether oxygens (including phenoxy) is 2. The number of nitrogens with one attached hydrogen (secondary N) is 1. The van der Waals surface area contributed by atoms with Crippen LogP contribution in [-0.2, 0) is 27.2 Å². The second-order valence-electron chi connectivity index (χ2n) is 5.91. The molecule has 1 aromatic rings. The maximum Gasteiger partial charge on any atom is 0.328 e. The van der Waals surface area contributed by atoms with Gasteiger partial charge in [0.15, 0.2) is 0 Å². The third-order valence-corrected chi connectivity index (χ3v) is 3.94. The molecule has 1 atom stereocenters. The normalized spacial score (nSPS) is 18.7. The number of rotatable bonds is 5. The number of benzene rings is 1. The van der Waals surface area contributed by atoms with Crippen molar-refractivity contribution in [3.8, 4) is 5.75 Å². The topological polar surface area (TPSA) is 105 Å². The van der Waals surface area contributed by atoms with Gasteiger partial charge in [0.05, 0.1) is 6.61 Å². The first-order chi connectivity index (χ1) is 12.5. The van der Waals surface area contributed by atoms with E-state index >= 15 is 0 Å². The summed E-state index contributed by atoms with van der Waals surface area (Å²) in [7, 11) is 0. The molecule has 2 aliphatic rings. The summed E-state index contributed by atoms with van der Waals surface area (Å²) < 4.78 is 24.8. The molecule has 0 saturated carbocycles. The molecule has 3 N–H and O–H groups in total. The van der Waals surface area contributed by atoms with E-state index in [2.05, 4.69) is 5.32 Å². The number of halogens is 1. The Labute approximate surface area is 150 Å². The van der Waals surface area contributed by atoms with Gasteiger partial charge in [0.2, 0.25) is 0 Å². The van der Waals surface area contributed by atoms with Gasteiger partial charge in [-0.1, -0.05) is 0 Å². The molecule has 0 bridgehead atoms. The Morgan fingerprint density at radius 3 is 2.62 bits per heavy atom. The monoisotopic (exact) mass is 367 g/mol. The van der Waals surface area contributed by atoms with E-state index < -0.39 is 11.9 Å². The number of fused-ring (bicyclic) bond motifs is 1. The average Bonchev–Trinajstić information content (AvgIpc) is 3.07. The van der Waals surface area contributed by atoms with Gasteiger partial charge in [0, 0.05) is 31.3 Å². The van der Waals surface area contributed by atoms with E-state index in [0.717, 1.165) is 44.5 Å². The van der Waals surface area contributed by atoms with Crippen LogP contribution in [0, 0.1) is 5.82 Å². The van der Waals surface area contributed by atoms with Crippen LogP contribution < -0.4 is 10.1 Å². The van der Waals surface area contributed by atoms with Crippen LogP contribution in [0.3, 0.4) is 0 Å². The van der Waals surface area contributed by atoms with Crippen molar-refractivity contribution in [3.05, 3.63) is 41.2 Å². The van der Waals surface area contributed by atoms with E-state index in [0.29, 0.717) is 24.5 Å². The summed E-state index contributed by atoms with van der Waals surface area (Å²) in [5.41, 5.74) is 2.29. The van der Waals surface area contributed by atoms with Gasteiger partial charge in [0.25, 0.3) is 0 Å². The van der Waals surface area contributed by atoms with Crippen molar-refractivity contribution in [2.75, 3.05) is 26.3 Å². The van der Waals surface area contributed by atoms with Crippen molar-refractivity contribution < 1.29 is 33.7 Å². The Morgan fingerprint density at radius 2 is 2.00 bits per heavy atom. The van der Waals surface area contributed by atoms with Crippen molar-refractivity contribution in [2.45, 2.75) is 25.4 Å². The van der Waals surface area contributed by atoms with Crippen molar-refractivity contribution in [2.24, 2.45) is 0 Å². The van der Waals surface area contributed by atoms with Gasteiger partial charge < -0.3 is 25.0 Å². The molecule has 1 unspecified atom stereocenters. The molecule has 0 aromatic heterocycles. The standard InChI is InChI=1S/C14H18FNO2.C4H4O4/c15-11-6-10-2-1-3-13(10)14(7-11)18-9-12-8-16-4-5-17-12;5-3(6)1-2-4(7)8/h6-7,12,16H,1-5,8-9H2;1-2H,(H,5,6)(H,7,8)/b;2-1+. The van der Waals surface area contributed by atoms with Gasteiger partial charge in [-0.3, -0.25) is 0 Å². The number of hydrogen-bond acceptors (Lipinski definition) is 5. The molecule has 0 amide bonds. The summed E-state index contributed by atoms with van der Waals surface area (Å²) >= 11 is 0. The zero-order valence-electron chi connectivity index (χ0n) is 14.2. The Hall–Kier alpha value is -2.45. The van der Waals surface area contributed by atoms with E-state index in [1.165, 1.54) is 11.6 Å². The summed E-state index contributed by atoms with van der Waals surface area (Å²) in [5.74, 6) is -2.01. The average molecular weight is 367 g/mol. The number of carbonyl (C=O) groups is 2. The predicted octanol–water partition coefficient (Wildman–Crippen LogP) is 1.39. The fraction of sp³-hybridized carbons (Fsp3) is 0.444. The van der Waals surface area contributed by atoms with Crippen LogP contribution in [0.15, 0.2) is 24.3 Å². The molecule has 0 radical (unpaired) electrons. The fourth-order valence-electron chi connectivity index (χ4n) is 2.81. The van der Waals surface area contributed by atoms with Crippen LogP contribution in [0.25, 0.3) is 0 Å². The number of aliphatic carboxylic acids is 2. The van der Waals surface area contributed by atoms with Gasteiger partial charge in [0.1, 0.15) is 24.3 Å². The lowest BCUT2D eigenvalue weighted by Gasteiger charge is -2.24. The van der Waals surface area contributed by atoms with E-state index in [4.69, 9.17) is 19.7 Å². The summed E-state index contributed by atoms with van der Waals surface area (Å²) in [5, 5.41) is 18.9. The molecule has 1 aliphatic heterocycles. The number of carboxylic acid groups (broad SMARTS) is 2. The van der Waals surface area contributed by atoms with E-state index in [9.17, 15) is 14.0 Å². The minimum Gasteiger partial charge on any atom is -0.490 e. The Morgan fingerprint density at radius 1 is 1.27 bits per heavy atom. The first kappa shape index (κ1) is 19.9. The highest BCUT2D eigenvalue weighted by molar-refractivity contribution is 5.89. The molecule has 142 valence electrons. The maximum absolute atomic E-state index is 13.5. The molecule has 26 heavy (non-hydrogen) atoms. The highest BCUT2D eigenvalue weighted by Gasteiger charge is 2.19. The summed E-state index contributed by atoms with van der Waals surface area (Å²) in [4.78, 5) is 19.1. The van der Waals surface area contributed by atoms with Crippen LogP contribution >= 0.6 is 0 Å². The van der Waals surface area contributed by atoms with Crippen LogP contribution in [0.2, 0.25) is 0 Å². The summed E-state index contributed by atoms with van der Waals surface area (Å²) in [6, 6.07) is 3.13. The van der Waals surface area contributed by atoms with Gasteiger partial charge in [-0.05, 0) is 36.5 Å². The molecule has 7 nitrogen and oxygen atoms in total. The molecule has 0 spiro atoms. The fourth-order valence-corrected chi connectivity index (χ4v) is 2.81. The van der Waals surface area contributed by atoms with Crippen LogP contribution in [0.1, 0.15) is 17.5 Å². The van der Waals surface area contributed by atoms with Crippen molar-refractivity contribution >= 4 is 11.9 Å². The molecular formula is C18H22FNO6. The first-order valence-corrected chi connectivity index (χ1v) is 8.36. The highest BCUT2D eigenvalue weighted by atomic mass is 19.1. The molecule has 3 rings (SSSR count). The lowest BCUT2D eigenvalue weighted by atomic mass is 10.1. The molecule has 1 aliphatic carbocycles. The lowest BCUT2D eigenvalue weighted by Crippen LogP contribution is -2.41. The number of carboxylic acids is 2. The van der Waals surface area contributed by atoms with Gasteiger partial charge >= 0.3 is 11.9 Å². The minimum atomic E-state index is -1.26. The van der Waals surface area contributed by atoms with Gasteiger partial charge in [-0.15, -0.1) is 0 Å². The quantitative estimate of drug-likeness (QED) is 0.676. The minimum absolute atomic E-state index is 0.0686. The van der Waals surface area contributed by atoms with Crippen molar-refractivity contribution in [3.63, 3.8) is 0 Å². The smallest absolute Gasteiger partial charge is 0.328 e. The SMILES string of the molecule is Fc1cc2c(c(OCC3CNCCO3)c1)CCC2.O=C(O)/C=C/C(=O)O. The number of morpholine rings is 1. The molecule has 1 heterocycles. The maximum atomic E-state index is 13.5. The zero-order chi connectivity index (χ0) is 18.9. The Bertz CT molecular complexity index is 654. The van der Waals surface area contributed by atoms with E-state index in [1.54, 1.807) is 6.07 Å². The van der Waals surface area contributed by atoms with Crippen LogP contribution in [0.5, 0.6) is 5.75 Å². The number of aryl methyl sites for hydroxylation is 1.